The van der Waals surface area contributed by atoms with Crippen LogP contribution in [0.5, 0.6) is 0 Å². The smallest absolute Gasteiger partial charge is 0.234 e. The molecule has 3 rings (SSSR count). The highest BCUT2D eigenvalue weighted by atomic mass is 32.2. The molecule has 1 atom stereocenters. The van der Waals surface area contributed by atoms with E-state index in [0.29, 0.717) is 17.7 Å². The van der Waals surface area contributed by atoms with Crippen LogP contribution in [0.4, 0.5) is 0 Å². The normalized spacial score (nSPS) is 25.7. The fraction of sp³-hybridized carbons (Fsp3) is 0.533. The molecule has 2 aliphatic rings. The first kappa shape index (κ1) is 12.1. The lowest BCUT2D eigenvalue weighted by atomic mass is 9.94. The first-order valence-electron chi connectivity index (χ1n) is 6.84. The Morgan fingerprint density at radius 1 is 1.06 bits per heavy atom. The zero-order valence-electron chi connectivity index (χ0n) is 10.5. The summed E-state index contributed by atoms with van der Waals surface area (Å²) in [6, 6.07) is 10.9. The SMILES string of the molecule is O=C1CS[C@H](c2ccccc2)N1C1CCCCC1. The van der Waals surface area contributed by atoms with Crippen molar-refractivity contribution in [3.05, 3.63) is 35.9 Å². The highest BCUT2D eigenvalue weighted by Gasteiger charge is 2.37. The van der Waals surface area contributed by atoms with E-state index >= 15 is 0 Å². The van der Waals surface area contributed by atoms with Gasteiger partial charge in [-0.3, -0.25) is 4.79 Å². The van der Waals surface area contributed by atoms with Gasteiger partial charge in [0.05, 0.1) is 5.75 Å². The number of benzene rings is 1. The summed E-state index contributed by atoms with van der Waals surface area (Å²) in [5, 5.41) is 0.252. The van der Waals surface area contributed by atoms with Gasteiger partial charge in [0.25, 0.3) is 0 Å². The van der Waals surface area contributed by atoms with Crippen LogP contribution in [0, 0.1) is 0 Å². The van der Waals surface area contributed by atoms with Gasteiger partial charge in [-0.2, -0.15) is 0 Å². The van der Waals surface area contributed by atoms with Gasteiger partial charge in [-0.05, 0) is 18.4 Å². The summed E-state index contributed by atoms with van der Waals surface area (Å²) in [5.74, 6) is 0.983. The van der Waals surface area contributed by atoms with Gasteiger partial charge in [0, 0.05) is 6.04 Å². The van der Waals surface area contributed by atoms with Crippen molar-refractivity contribution in [3.63, 3.8) is 0 Å². The van der Waals surface area contributed by atoms with E-state index in [0.717, 1.165) is 0 Å². The Kier molecular flexibility index (Phi) is 3.59. The zero-order valence-corrected chi connectivity index (χ0v) is 11.4. The van der Waals surface area contributed by atoms with Crippen LogP contribution in [0.25, 0.3) is 0 Å². The number of carbonyl (C=O) groups excluding carboxylic acids is 1. The quantitative estimate of drug-likeness (QED) is 0.811. The number of carbonyl (C=O) groups is 1. The molecule has 1 aliphatic heterocycles. The second-order valence-corrected chi connectivity index (χ2v) is 6.24. The molecule has 1 saturated carbocycles. The highest BCUT2D eigenvalue weighted by Crippen LogP contribution is 2.42. The lowest BCUT2D eigenvalue weighted by Gasteiger charge is -2.35. The van der Waals surface area contributed by atoms with E-state index in [1.54, 1.807) is 11.8 Å². The van der Waals surface area contributed by atoms with Crippen molar-refractivity contribution in [2.75, 3.05) is 5.75 Å². The maximum absolute atomic E-state index is 12.2. The van der Waals surface area contributed by atoms with Gasteiger partial charge in [-0.25, -0.2) is 0 Å². The van der Waals surface area contributed by atoms with Gasteiger partial charge in [0.1, 0.15) is 5.37 Å². The van der Waals surface area contributed by atoms with E-state index in [9.17, 15) is 4.79 Å². The first-order chi connectivity index (χ1) is 8.86. The minimum atomic E-state index is 0.252. The third-order valence-corrected chi connectivity index (χ3v) is 5.19. The molecule has 0 N–H and O–H groups in total. The Balaban J connectivity index is 1.83. The molecule has 0 unspecified atom stereocenters. The molecule has 3 heteroatoms. The molecule has 1 aliphatic carbocycles. The average molecular weight is 261 g/mol. The summed E-state index contributed by atoms with van der Waals surface area (Å²) in [7, 11) is 0. The molecule has 96 valence electrons. The van der Waals surface area contributed by atoms with E-state index in [-0.39, 0.29) is 5.37 Å². The van der Waals surface area contributed by atoms with Crippen LogP contribution in [0.15, 0.2) is 30.3 Å². The second-order valence-electron chi connectivity index (χ2n) is 5.17. The predicted octanol–water partition coefficient (Wildman–Crippen LogP) is 3.59. The maximum Gasteiger partial charge on any atom is 0.234 e. The minimum absolute atomic E-state index is 0.252. The maximum atomic E-state index is 12.2. The topological polar surface area (TPSA) is 20.3 Å². The van der Waals surface area contributed by atoms with Crippen LogP contribution in [-0.4, -0.2) is 22.6 Å². The molecule has 1 aromatic carbocycles. The van der Waals surface area contributed by atoms with Crippen LogP contribution >= 0.6 is 11.8 Å². The van der Waals surface area contributed by atoms with Gasteiger partial charge in [0.2, 0.25) is 5.91 Å². The summed E-state index contributed by atoms with van der Waals surface area (Å²) in [6.07, 6.45) is 6.27. The minimum Gasteiger partial charge on any atom is -0.323 e. The molecule has 0 aromatic heterocycles. The average Bonchev–Trinajstić information content (AvgIpc) is 2.83. The molecular weight excluding hydrogens is 242 g/mol. The Morgan fingerprint density at radius 2 is 1.78 bits per heavy atom. The van der Waals surface area contributed by atoms with Crippen LogP contribution in [0.3, 0.4) is 0 Å². The van der Waals surface area contributed by atoms with E-state index in [1.807, 2.05) is 6.07 Å². The van der Waals surface area contributed by atoms with Gasteiger partial charge in [-0.1, -0.05) is 49.6 Å². The number of nitrogens with zero attached hydrogens (tertiary/aromatic N) is 1. The Hall–Kier alpha value is -0.960. The van der Waals surface area contributed by atoms with Crippen molar-refractivity contribution in [2.45, 2.75) is 43.5 Å². The van der Waals surface area contributed by atoms with E-state index in [2.05, 4.69) is 29.2 Å². The molecule has 0 spiro atoms. The number of hydrogen-bond acceptors (Lipinski definition) is 2. The molecule has 1 amide bonds. The fourth-order valence-corrected chi connectivity index (χ4v) is 4.31. The second kappa shape index (κ2) is 5.35. The van der Waals surface area contributed by atoms with Crippen LogP contribution in [0.1, 0.15) is 43.0 Å². The molecule has 2 nitrogen and oxygen atoms in total. The summed E-state index contributed by atoms with van der Waals surface area (Å²) in [4.78, 5) is 14.3. The summed E-state index contributed by atoms with van der Waals surface area (Å²) in [5.41, 5.74) is 1.28. The summed E-state index contributed by atoms with van der Waals surface area (Å²) in [6.45, 7) is 0. The summed E-state index contributed by atoms with van der Waals surface area (Å²) < 4.78 is 0. The van der Waals surface area contributed by atoms with E-state index < -0.39 is 0 Å². The fourth-order valence-electron chi connectivity index (χ4n) is 3.06. The molecule has 1 saturated heterocycles. The van der Waals surface area contributed by atoms with Crippen LogP contribution in [0.2, 0.25) is 0 Å². The number of thioether (sulfide) groups is 1. The molecule has 2 fully saturated rings. The van der Waals surface area contributed by atoms with Crippen molar-refractivity contribution in [1.82, 2.24) is 4.90 Å². The predicted molar refractivity (Wildman–Crippen MR) is 75.4 cm³/mol. The first-order valence-corrected chi connectivity index (χ1v) is 7.89. The number of hydrogen-bond donors (Lipinski definition) is 0. The standard InChI is InChI=1S/C15H19NOS/c17-14-11-18-15(12-7-3-1-4-8-12)16(14)13-9-5-2-6-10-13/h1,3-4,7-8,13,15H,2,5-6,9-11H2/t15-/m1/s1. The van der Waals surface area contributed by atoms with Crippen molar-refractivity contribution < 1.29 is 4.79 Å². The van der Waals surface area contributed by atoms with E-state index in [4.69, 9.17) is 0 Å². The Labute approximate surface area is 113 Å². The number of rotatable bonds is 2. The molecular formula is C15H19NOS. The van der Waals surface area contributed by atoms with Crippen molar-refractivity contribution in [1.29, 1.82) is 0 Å². The largest absolute Gasteiger partial charge is 0.323 e. The Bertz CT molecular complexity index is 414. The van der Waals surface area contributed by atoms with Crippen molar-refractivity contribution >= 4 is 17.7 Å². The van der Waals surface area contributed by atoms with Crippen molar-refractivity contribution in [3.8, 4) is 0 Å². The van der Waals surface area contributed by atoms with Gasteiger partial charge in [-0.15, -0.1) is 11.8 Å². The number of amides is 1. The monoisotopic (exact) mass is 261 g/mol. The van der Waals surface area contributed by atoms with Gasteiger partial charge < -0.3 is 4.90 Å². The van der Waals surface area contributed by atoms with Gasteiger partial charge in [0.15, 0.2) is 0 Å². The highest BCUT2D eigenvalue weighted by molar-refractivity contribution is 8.00. The van der Waals surface area contributed by atoms with Crippen LogP contribution < -0.4 is 0 Å². The zero-order chi connectivity index (χ0) is 12.4. The lowest BCUT2D eigenvalue weighted by molar-refractivity contribution is -0.131. The lowest BCUT2D eigenvalue weighted by Crippen LogP contribution is -2.39. The molecule has 18 heavy (non-hydrogen) atoms. The third-order valence-electron chi connectivity index (χ3n) is 3.96. The molecule has 1 aromatic rings. The molecule has 1 heterocycles. The van der Waals surface area contributed by atoms with E-state index in [1.165, 1.54) is 37.7 Å². The molecule has 0 bridgehead atoms. The van der Waals surface area contributed by atoms with Crippen LogP contribution in [-0.2, 0) is 4.79 Å². The Morgan fingerprint density at radius 3 is 2.50 bits per heavy atom. The van der Waals surface area contributed by atoms with Crippen molar-refractivity contribution in [2.24, 2.45) is 0 Å². The molecule has 0 radical (unpaired) electrons. The summed E-state index contributed by atoms with van der Waals surface area (Å²) >= 11 is 1.78. The van der Waals surface area contributed by atoms with Gasteiger partial charge >= 0.3 is 0 Å². The third kappa shape index (κ3) is 2.28.